The monoisotopic (exact) mass is 436 g/mol. The summed E-state index contributed by atoms with van der Waals surface area (Å²) in [4.78, 5) is 19.0. The van der Waals surface area contributed by atoms with E-state index in [2.05, 4.69) is 48.9 Å². The minimum atomic E-state index is 0.0219. The number of pyridine rings is 1. The molecule has 0 amide bonds. The van der Waals surface area contributed by atoms with E-state index in [0.717, 1.165) is 36.8 Å². The predicted octanol–water partition coefficient (Wildman–Crippen LogP) is 5.84. The number of piperidine rings is 1. The molecule has 174 valence electrons. The summed E-state index contributed by atoms with van der Waals surface area (Å²) in [5, 5.41) is 9.02. The molecule has 2 aromatic rings. The lowest BCUT2D eigenvalue weighted by atomic mass is 9.88. The van der Waals surface area contributed by atoms with Gasteiger partial charge >= 0.3 is 0 Å². The molecule has 1 aromatic heterocycles. The Balaban J connectivity index is 1.78. The number of unbranched alkanes of at least 4 members (excludes halogenated alkanes) is 1. The highest BCUT2D eigenvalue weighted by Crippen LogP contribution is 2.40. The number of benzene rings is 1. The van der Waals surface area contributed by atoms with Gasteiger partial charge in [-0.3, -0.25) is 15.1 Å². The molecule has 2 fully saturated rings. The lowest BCUT2D eigenvalue weighted by Crippen LogP contribution is -2.46. The van der Waals surface area contributed by atoms with E-state index in [9.17, 15) is 4.79 Å². The van der Waals surface area contributed by atoms with Crippen LogP contribution in [0.1, 0.15) is 102 Å². The predicted molar refractivity (Wildman–Crippen MR) is 133 cm³/mol. The Kier molecular flexibility index (Phi) is 7.04. The molecule has 1 aromatic carbocycles. The highest BCUT2D eigenvalue weighted by Gasteiger charge is 2.33. The van der Waals surface area contributed by atoms with E-state index < -0.39 is 0 Å². The van der Waals surface area contributed by atoms with Gasteiger partial charge in [0, 0.05) is 40.5 Å². The molecule has 2 aliphatic rings. The number of fused-ring (bicyclic) bond motifs is 1. The van der Waals surface area contributed by atoms with Crippen LogP contribution in [-0.4, -0.2) is 27.8 Å². The Labute approximate surface area is 192 Å². The van der Waals surface area contributed by atoms with E-state index in [1.54, 1.807) is 0 Å². The molecule has 5 nitrogen and oxygen atoms in total. The second-order valence-corrected chi connectivity index (χ2v) is 10.3. The van der Waals surface area contributed by atoms with Crippen molar-refractivity contribution in [1.29, 1.82) is 5.41 Å². The largest absolute Gasteiger partial charge is 0.387 e. The number of H-pyrrole nitrogens is 1. The van der Waals surface area contributed by atoms with Gasteiger partial charge in [0.05, 0.1) is 5.84 Å². The smallest absolute Gasteiger partial charge is 0.251 e. The van der Waals surface area contributed by atoms with Crippen LogP contribution in [0.3, 0.4) is 0 Å². The van der Waals surface area contributed by atoms with Crippen molar-refractivity contribution < 1.29 is 0 Å². The molecule has 1 saturated heterocycles. The van der Waals surface area contributed by atoms with Crippen LogP contribution >= 0.6 is 0 Å². The first-order valence-corrected chi connectivity index (χ1v) is 12.7. The molecule has 1 aliphatic heterocycles. The van der Waals surface area contributed by atoms with Crippen LogP contribution in [0.15, 0.2) is 29.1 Å². The summed E-state index contributed by atoms with van der Waals surface area (Å²) in [5.74, 6) is 0.558. The van der Waals surface area contributed by atoms with Crippen molar-refractivity contribution >= 4 is 16.7 Å². The van der Waals surface area contributed by atoms with E-state index in [4.69, 9.17) is 11.1 Å². The van der Waals surface area contributed by atoms with Gasteiger partial charge in [-0.25, -0.2) is 0 Å². The van der Waals surface area contributed by atoms with Crippen LogP contribution in [0.2, 0.25) is 0 Å². The van der Waals surface area contributed by atoms with E-state index >= 15 is 0 Å². The molecule has 1 aliphatic carbocycles. The third-order valence-electron chi connectivity index (χ3n) is 8.07. The number of hydrogen-bond acceptors (Lipinski definition) is 3. The summed E-state index contributed by atoms with van der Waals surface area (Å²) in [6.07, 6.45) is 10.0. The summed E-state index contributed by atoms with van der Waals surface area (Å²) < 4.78 is 0. The second kappa shape index (κ2) is 9.78. The summed E-state index contributed by atoms with van der Waals surface area (Å²) in [6, 6.07) is 10.1. The Morgan fingerprint density at radius 3 is 2.62 bits per heavy atom. The average Bonchev–Trinajstić information content (AvgIpc) is 3.25. The SMILES string of the molecule is CCCCC(c1cccc2[nH]c(=O)c(C3CCC(C(=N)N)C3)cc12)N1[C@H](C)CCC[C@@H]1C. The summed E-state index contributed by atoms with van der Waals surface area (Å²) in [7, 11) is 0. The Morgan fingerprint density at radius 1 is 1.22 bits per heavy atom. The molecule has 4 N–H and O–H groups in total. The third kappa shape index (κ3) is 4.50. The van der Waals surface area contributed by atoms with Crippen LogP contribution < -0.4 is 11.3 Å². The molecule has 2 heterocycles. The van der Waals surface area contributed by atoms with Crippen molar-refractivity contribution in [2.45, 2.75) is 103 Å². The summed E-state index contributed by atoms with van der Waals surface area (Å²) in [5.41, 5.74) is 8.97. The van der Waals surface area contributed by atoms with Gasteiger partial charge in [-0.2, -0.15) is 0 Å². The zero-order valence-corrected chi connectivity index (χ0v) is 20.0. The number of amidine groups is 1. The maximum Gasteiger partial charge on any atom is 0.251 e. The highest BCUT2D eigenvalue weighted by molar-refractivity contribution is 5.83. The van der Waals surface area contributed by atoms with Crippen LogP contribution in [-0.2, 0) is 0 Å². The molecule has 4 rings (SSSR count). The van der Waals surface area contributed by atoms with Gasteiger partial charge in [0.25, 0.3) is 5.56 Å². The summed E-state index contributed by atoms with van der Waals surface area (Å²) >= 11 is 0. The molecule has 0 radical (unpaired) electrons. The zero-order valence-electron chi connectivity index (χ0n) is 20.0. The number of nitrogens with one attached hydrogen (secondary N) is 2. The number of nitrogens with zero attached hydrogens (tertiary/aromatic N) is 1. The van der Waals surface area contributed by atoms with Gasteiger partial charge in [0.15, 0.2) is 0 Å². The molecule has 5 heteroatoms. The normalized spacial score (nSPS) is 27.6. The highest BCUT2D eigenvalue weighted by atomic mass is 16.1. The van der Waals surface area contributed by atoms with Gasteiger partial charge in [-0.05, 0) is 76.0 Å². The second-order valence-electron chi connectivity index (χ2n) is 10.3. The van der Waals surface area contributed by atoms with Crippen LogP contribution in [0, 0.1) is 11.3 Å². The third-order valence-corrected chi connectivity index (χ3v) is 8.07. The maximum absolute atomic E-state index is 13.0. The minimum Gasteiger partial charge on any atom is -0.387 e. The summed E-state index contributed by atoms with van der Waals surface area (Å²) in [6.45, 7) is 7.03. The Bertz CT molecular complexity index is 1000. The lowest BCUT2D eigenvalue weighted by molar-refractivity contribution is 0.0496. The molecule has 3 unspecified atom stereocenters. The van der Waals surface area contributed by atoms with Crippen molar-refractivity contribution in [2.24, 2.45) is 11.7 Å². The zero-order chi connectivity index (χ0) is 22.8. The molecule has 0 spiro atoms. The molecule has 1 saturated carbocycles. The van der Waals surface area contributed by atoms with Gasteiger partial charge in [0.1, 0.15) is 0 Å². The van der Waals surface area contributed by atoms with Crippen LogP contribution in [0.4, 0.5) is 0 Å². The molecule has 0 bridgehead atoms. The number of rotatable bonds is 7. The number of likely N-dealkylation sites (tertiary alicyclic amines) is 1. The first-order chi connectivity index (χ1) is 15.4. The first kappa shape index (κ1) is 23.0. The van der Waals surface area contributed by atoms with Crippen molar-refractivity contribution in [2.75, 3.05) is 0 Å². The van der Waals surface area contributed by atoms with Gasteiger partial charge in [0.2, 0.25) is 0 Å². The van der Waals surface area contributed by atoms with Crippen LogP contribution in [0.5, 0.6) is 0 Å². The number of aromatic nitrogens is 1. The maximum atomic E-state index is 13.0. The minimum absolute atomic E-state index is 0.0219. The topological polar surface area (TPSA) is 86.0 Å². The van der Waals surface area contributed by atoms with E-state index in [1.165, 1.54) is 43.1 Å². The van der Waals surface area contributed by atoms with Gasteiger partial charge < -0.3 is 10.7 Å². The van der Waals surface area contributed by atoms with Crippen molar-refractivity contribution in [1.82, 2.24) is 9.88 Å². The average molecular weight is 437 g/mol. The fourth-order valence-corrected chi connectivity index (χ4v) is 6.33. The Morgan fingerprint density at radius 2 is 1.97 bits per heavy atom. The van der Waals surface area contributed by atoms with Crippen molar-refractivity contribution in [3.05, 3.63) is 45.7 Å². The number of nitrogens with two attached hydrogens (primary N) is 1. The lowest BCUT2D eigenvalue weighted by Gasteiger charge is -2.45. The molecular weight excluding hydrogens is 396 g/mol. The van der Waals surface area contributed by atoms with Crippen LogP contribution in [0.25, 0.3) is 10.9 Å². The fraction of sp³-hybridized carbons (Fsp3) is 0.630. The van der Waals surface area contributed by atoms with Crippen molar-refractivity contribution in [3.63, 3.8) is 0 Å². The number of hydrogen-bond donors (Lipinski definition) is 3. The van der Waals surface area contributed by atoms with Gasteiger partial charge in [-0.15, -0.1) is 0 Å². The number of aromatic amines is 1. The Hall–Kier alpha value is -2.14. The fourth-order valence-electron chi connectivity index (χ4n) is 6.33. The standard InChI is InChI=1S/C27H40N4O/c1-4-5-12-25(31-17(2)8-6-9-18(31)3)21-10-7-11-24-23(21)16-22(27(32)30-24)19-13-14-20(15-19)26(28)29/h7,10-11,16-20,25H,4-6,8-9,12-15H2,1-3H3,(H3,28,29)(H,30,32)/t17-,18+,19?,20?,25?. The van der Waals surface area contributed by atoms with E-state index in [0.29, 0.717) is 18.1 Å². The quantitative estimate of drug-likeness (QED) is 0.376. The van der Waals surface area contributed by atoms with Crippen molar-refractivity contribution in [3.8, 4) is 0 Å². The van der Waals surface area contributed by atoms with E-state index in [-0.39, 0.29) is 23.2 Å². The van der Waals surface area contributed by atoms with Gasteiger partial charge in [-0.1, -0.05) is 38.3 Å². The molecular formula is C27H40N4O. The van der Waals surface area contributed by atoms with E-state index in [1.807, 2.05) is 6.07 Å². The molecule has 32 heavy (non-hydrogen) atoms. The first-order valence-electron chi connectivity index (χ1n) is 12.7. The molecule has 5 atom stereocenters.